The monoisotopic (exact) mass is 296 g/mol. The minimum absolute atomic E-state index is 0.328. The molecule has 2 nitrogen and oxygen atoms in total. The predicted molar refractivity (Wildman–Crippen MR) is 64.7 cm³/mol. The SMILES string of the molecule is CC/C(Br)=C(\C(F)=C(/C)S)C1OCCO1. The molecule has 15 heavy (non-hydrogen) atoms. The highest BCUT2D eigenvalue weighted by atomic mass is 79.9. The zero-order valence-corrected chi connectivity index (χ0v) is 11.2. The van der Waals surface area contributed by atoms with E-state index >= 15 is 0 Å². The van der Waals surface area contributed by atoms with Crippen LogP contribution in [0.1, 0.15) is 20.3 Å². The van der Waals surface area contributed by atoms with Gasteiger partial charge in [-0.1, -0.05) is 22.9 Å². The topological polar surface area (TPSA) is 18.5 Å². The van der Waals surface area contributed by atoms with Crippen molar-refractivity contribution in [2.75, 3.05) is 13.2 Å². The van der Waals surface area contributed by atoms with Gasteiger partial charge in [0.05, 0.1) is 18.8 Å². The predicted octanol–water partition coefficient (Wildman–Crippen LogP) is 3.55. The van der Waals surface area contributed by atoms with Gasteiger partial charge in [0.15, 0.2) is 6.29 Å². The normalized spacial score (nSPS) is 21.4. The maximum atomic E-state index is 13.8. The Kier molecular flexibility index (Phi) is 5.32. The molecule has 0 atom stereocenters. The van der Waals surface area contributed by atoms with Crippen molar-refractivity contribution in [2.45, 2.75) is 26.6 Å². The molecule has 0 unspecified atom stereocenters. The van der Waals surface area contributed by atoms with Crippen LogP contribution >= 0.6 is 28.6 Å². The fourth-order valence-corrected chi connectivity index (χ4v) is 1.74. The van der Waals surface area contributed by atoms with E-state index in [0.717, 1.165) is 4.48 Å². The van der Waals surface area contributed by atoms with Crippen molar-refractivity contribution in [1.82, 2.24) is 0 Å². The number of thiol groups is 1. The molecule has 0 spiro atoms. The number of hydrogen-bond acceptors (Lipinski definition) is 3. The van der Waals surface area contributed by atoms with Gasteiger partial charge in [-0.3, -0.25) is 0 Å². The molecule has 0 aromatic carbocycles. The van der Waals surface area contributed by atoms with Crippen molar-refractivity contribution in [3.8, 4) is 0 Å². The van der Waals surface area contributed by atoms with E-state index in [4.69, 9.17) is 9.47 Å². The third-order valence-corrected chi connectivity index (χ3v) is 3.20. The van der Waals surface area contributed by atoms with Gasteiger partial charge in [-0.15, -0.1) is 12.6 Å². The Hall–Kier alpha value is 0.160. The Bertz CT molecular complexity index is 292. The first-order valence-electron chi connectivity index (χ1n) is 4.75. The quantitative estimate of drug-likeness (QED) is 0.634. The lowest BCUT2D eigenvalue weighted by molar-refractivity contribution is -0.0115. The van der Waals surface area contributed by atoms with E-state index in [0.29, 0.717) is 30.1 Å². The molecule has 1 heterocycles. The molecule has 86 valence electrons. The third-order valence-electron chi connectivity index (χ3n) is 2.01. The summed E-state index contributed by atoms with van der Waals surface area (Å²) in [4.78, 5) is 0.328. The van der Waals surface area contributed by atoms with E-state index < -0.39 is 6.29 Å². The smallest absolute Gasteiger partial charge is 0.187 e. The van der Waals surface area contributed by atoms with Crippen LogP contribution in [0.3, 0.4) is 0 Å². The van der Waals surface area contributed by atoms with Gasteiger partial charge in [0.25, 0.3) is 0 Å². The lowest BCUT2D eigenvalue weighted by Crippen LogP contribution is -2.13. The Balaban J connectivity index is 3.03. The molecular formula is C10H14BrFO2S. The summed E-state index contributed by atoms with van der Waals surface area (Å²) in [7, 11) is 0. The maximum Gasteiger partial charge on any atom is 0.187 e. The van der Waals surface area contributed by atoms with Gasteiger partial charge >= 0.3 is 0 Å². The first-order valence-corrected chi connectivity index (χ1v) is 5.99. The summed E-state index contributed by atoms with van der Waals surface area (Å²) in [5, 5.41) is 0. The van der Waals surface area contributed by atoms with Crippen LogP contribution in [-0.2, 0) is 9.47 Å². The summed E-state index contributed by atoms with van der Waals surface area (Å²) in [6.07, 6.45) is 0.0777. The summed E-state index contributed by atoms with van der Waals surface area (Å²) in [5.41, 5.74) is 0.419. The van der Waals surface area contributed by atoms with E-state index in [1.165, 1.54) is 0 Å². The van der Waals surface area contributed by atoms with Gasteiger partial charge in [-0.2, -0.15) is 0 Å². The summed E-state index contributed by atoms with van der Waals surface area (Å²) >= 11 is 7.33. The summed E-state index contributed by atoms with van der Waals surface area (Å²) in [5.74, 6) is -0.376. The average Bonchev–Trinajstić information content (AvgIpc) is 2.70. The molecule has 1 fully saturated rings. The van der Waals surface area contributed by atoms with Gasteiger partial charge in [0, 0.05) is 9.39 Å². The Morgan fingerprint density at radius 2 is 2.00 bits per heavy atom. The lowest BCUT2D eigenvalue weighted by Gasteiger charge is -2.15. The van der Waals surface area contributed by atoms with Crippen molar-refractivity contribution in [3.05, 3.63) is 20.8 Å². The molecular weight excluding hydrogens is 283 g/mol. The van der Waals surface area contributed by atoms with Crippen LogP contribution in [-0.4, -0.2) is 19.5 Å². The zero-order valence-electron chi connectivity index (χ0n) is 8.72. The standard InChI is InChI=1S/C10H14BrFO2S/c1-3-7(11)8(9(12)6(2)15)10-13-4-5-14-10/h10,15H,3-5H2,1-2H3/b8-7-,9-6-. The van der Waals surface area contributed by atoms with Crippen molar-refractivity contribution in [3.63, 3.8) is 0 Å². The van der Waals surface area contributed by atoms with E-state index in [9.17, 15) is 4.39 Å². The third kappa shape index (κ3) is 3.31. The van der Waals surface area contributed by atoms with Crippen LogP contribution in [0.5, 0.6) is 0 Å². The minimum atomic E-state index is -0.610. The van der Waals surface area contributed by atoms with Crippen molar-refractivity contribution in [2.24, 2.45) is 0 Å². The van der Waals surface area contributed by atoms with E-state index in [1.807, 2.05) is 6.92 Å². The van der Waals surface area contributed by atoms with Crippen LogP contribution in [0, 0.1) is 0 Å². The van der Waals surface area contributed by atoms with Gasteiger partial charge < -0.3 is 9.47 Å². The van der Waals surface area contributed by atoms with Crippen LogP contribution in [0.4, 0.5) is 4.39 Å². The molecule has 0 aromatic heterocycles. The summed E-state index contributed by atoms with van der Waals surface area (Å²) in [6.45, 7) is 4.53. The second kappa shape index (κ2) is 6.03. The Labute approximate surface area is 103 Å². The highest BCUT2D eigenvalue weighted by Gasteiger charge is 2.27. The molecule has 1 saturated heterocycles. The largest absolute Gasteiger partial charge is 0.346 e. The minimum Gasteiger partial charge on any atom is -0.346 e. The molecule has 0 aromatic rings. The first-order chi connectivity index (χ1) is 7.07. The second-order valence-corrected chi connectivity index (χ2v) is 4.77. The van der Waals surface area contributed by atoms with Crippen molar-refractivity contribution >= 4 is 28.6 Å². The molecule has 1 rings (SSSR count). The molecule has 0 saturated carbocycles. The number of allylic oxidation sites excluding steroid dienone is 2. The van der Waals surface area contributed by atoms with Crippen LogP contribution in [0.25, 0.3) is 0 Å². The molecule has 0 radical (unpaired) electrons. The molecule has 0 amide bonds. The van der Waals surface area contributed by atoms with Crippen LogP contribution < -0.4 is 0 Å². The maximum absolute atomic E-state index is 13.8. The lowest BCUT2D eigenvalue weighted by atomic mass is 10.2. The van der Waals surface area contributed by atoms with E-state index in [2.05, 4.69) is 28.6 Å². The van der Waals surface area contributed by atoms with Crippen molar-refractivity contribution in [1.29, 1.82) is 0 Å². The van der Waals surface area contributed by atoms with E-state index in [-0.39, 0.29) is 5.83 Å². The second-order valence-electron chi connectivity index (χ2n) is 3.15. The Morgan fingerprint density at radius 1 is 1.47 bits per heavy atom. The molecule has 0 aliphatic carbocycles. The van der Waals surface area contributed by atoms with Crippen molar-refractivity contribution < 1.29 is 13.9 Å². The number of hydrogen-bond donors (Lipinski definition) is 1. The van der Waals surface area contributed by atoms with Crippen LogP contribution in [0.15, 0.2) is 20.8 Å². The number of halogens is 2. The van der Waals surface area contributed by atoms with Gasteiger partial charge in [0.2, 0.25) is 0 Å². The zero-order chi connectivity index (χ0) is 11.4. The van der Waals surface area contributed by atoms with Crippen LogP contribution in [0.2, 0.25) is 0 Å². The highest BCUT2D eigenvalue weighted by Crippen LogP contribution is 2.32. The fourth-order valence-electron chi connectivity index (χ4n) is 1.26. The van der Waals surface area contributed by atoms with Gasteiger partial charge in [0.1, 0.15) is 5.83 Å². The van der Waals surface area contributed by atoms with Gasteiger partial charge in [-0.25, -0.2) is 4.39 Å². The number of rotatable bonds is 3. The first kappa shape index (κ1) is 13.2. The molecule has 1 aliphatic rings. The highest BCUT2D eigenvalue weighted by molar-refractivity contribution is 9.11. The van der Waals surface area contributed by atoms with Gasteiger partial charge in [-0.05, 0) is 13.3 Å². The Morgan fingerprint density at radius 3 is 2.40 bits per heavy atom. The molecule has 0 N–H and O–H groups in total. The molecule has 1 aliphatic heterocycles. The molecule has 0 bridgehead atoms. The fraction of sp³-hybridized carbons (Fsp3) is 0.600. The average molecular weight is 297 g/mol. The molecule has 5 heteroatoms. The summed E-state index contributed by atoms with van der Waals surface area (Å²) < 4.78 is 25.2. The van der Waals surface area contributed by atoms with E-state index in [1.54, 1.807) is 6.92 Å². The number of ether oxygens (including phenoxy) is 2. The summed E-state index contributed by atoms with van der Waals surface area (Å²) in [6, 6.07) is 0.